The van der Waals surface area contributed by atoms with E-state index in [0.29, 0.717) is 18.9 Å². The van der Waals surface area contributed by atoms with Crippen LogP contribution in [0.4, 0.5) is 0 Å². The van der Waals surface area contributed by atoms with Crippen LogP contribution < -0.4 is 4.72 Å². The number of aromatic amines is 1. The van der Waals surface area contributed by atoms with Crippen LogP contribution in [0.3, 0.4) is 0 Å². The highest BCUT2D eigenvalue weighted by Gasteiger charge is 2.26. The van der Waals surface area contributed by atoms with E-state index in [0.717, 1.165) is 12.0 Å². The molecule has 1 aliphatic rings. The monoisotopic (exact) mass is 293 g/mol. The quantitative estimate of drug-likeness (QED) is 0.842. The lowest BCUT2D eigenvalue weighted by atomic mass is 10.0. The van der Waals surface area contributed by atoms with Crippen molar-refractivity contribution in [3.63, 3.8) is 0 Å². The Morgan fingerprint density at radius 3 is 2.85 bits per heavy atom. The summed E-state index contributed by atoms with van der Waals surface area (Å²) in [5.41, 5.74) is 2.28. The molecular formula is C12H15N5O2S. The zero-order chi connectivity index (χ0) is 14.0. The lowest BCUT2D eigenvalue weighted by Crippen LogP contribution is -2.43. The van der Waals surface area contributed by atoms with Crippen LogP contribution >= 0.6 is 0 Å². The maximum atomic E-state index is 12.2. The summed E-state index contributed by atoms with van der Waals surface area (Å²) in [6, 6.07) is 7.91. The number of fused-ring (bicyclic) bond motifs is 1. The molecule has 0 aliphatic carbocycles. The molecular weight excluding hydrogens is 278 g/mol. The smallest absolute Gasteiger partial charge is 0.262 e. The van der Waals surface area contributed by atoms with Crippen molar-refractivity contribution in [2.75, 3.05) is 6.54 Å². The fourth-order valence-corrected chi connectivity index (χ4v) is 3.38. The first-order chi connectivity index (χ1) is 9.65. The van der Waals surface area contributed by atoms with Gasteiger partial charge in [0.05, 0.1) is 6.54 Å². The third-order valence-electron chi connectivity index (χ3n) is 3.32. The molecule has 20 heavy (non-hydrogen) atoms. The third-order valence-corrected chi connectivity index (χ3v) is 4.82. The molecule has 2 aromatic rings. The molecule has 0 fully saturated rings. The number of nitrogens with one attached hydrogen (secondary N) is 2. The molecule has 0 bridgehead atoms. The predicted octanol–water partition coefficient (Wildman–Crippen LogP) is 0.197. The Morgan fingerprint density at radius 2 is 2.10 bits per heavy atom. The number of rotatable bonds is 4. The molecule has 0 spiro atoms. The van der Waals surface area contributed by atoms with Crippen molar-refractivity contribution in [1.29, 1.82) is 0 Å². The number of hydrogen-bond acceptors (Lipinski definition) is 4. The van der Waals surface area contributed by atoms with E-state index in [1.165, 1.54) is 16.2 Å². The van der Waals surface area contributed by atoms with Crippen LogP contribution in [-0.2, 0) is 29.7 Å². The van der Waals surface area contributed by atoms with Crippen molar-refractivity contribution >= 4 is 10.2 Å². The third kappa shape index (κ3) is 2.72. The van der Waals surface area contributed by atoms with Crippen molar-refractivity contribution in [1.82, 2.24) is 24.2 Å². The Morgan fingerprint density at radius 1 is 1.30 bits per heavy atom. The fraction of sp³-hybridized carbons (Fsp3) is 0.333. The largest absolute Gasteiger partial charge is 0.280 e. The van der Waals surface area contributed by atoms with Crippen LogP contribution in [0.15, 0.2) is 30.6 Å². The molecule has 2 N–H and O–H groups in total. The SMILES string of the molecule is O=S(=O)(NCc1ncn[nH]1)N1CCc2ccccc2C1. The number of H-pyrrole nitrogens is 1. The molecule has 2 heterocycles. The van der Waals surface area contributed by atoms with E-state index in [9.17, 15) is 8.42 Å². The zero-order valence-electron chi connectivity index (χ0n) is 10.8. The fourth-order valence-electron chi connectivity index (χ4n) is 2.24. The molecule has 0 saturated heterocycles. The van der Waals surface area contributed by atoms with Gasteiger partial charge in [0.1, 0.15) is 12.2 Å². The van der Waals surface area contributed by atoms with Gasteiger partial charge >= 0.3 is 0 Å². The summed E-state index contributed by atoms with van der Waals surface area (Å²) in [6.45, 7) is 1.01. The second-order valence-corrected chi connectivity index (χ2v) is 6.37. The molecule has 0 unspecified atom stereocenters. The highest BCUT2D eigenvalue weighted by atomic mass is 32.2. The van der Waals surface area contributed by atoms with E-state index in [1.54, 1.807) is 0 Å². The molecule has 0 atom stereocenters. The van der Waals surface area contributed by atoms with Crippen LogP contribution in [0.25, 0.3) is 0 Å². The minimum atomic E-state index is -3.51. The normalized spacial score (nSPS) is 16.0. The second-order valence-electron chi connectivity index (χ2n) is 4.61. The first-order valence-corrected chi connectivity index (χ1v) is 7.75. The van der Waals surface area contributed by atoms with Gasteiger partial charge in [-0.15, -0.1) is 0 Å². The van der Waals surface area contributed by atoms with Crippen LogP contribution in [0.1, 0.15) is 17.0 Å². The van der Waals surface area contributed by atoms with E-state index in [4.69, 9.17) is 0 Å². The molecule has 3 rings (SSSR count). The summed E-state index contributed by atoms with van der Waals surface area (Å²) >= 11 is 0. The molecule has 1 aliphatic heterocycles. The van der Waals surface area contributed by atoms with Gasteiger partial charge in [0, 0.05) is 13.1 Å². The first kappa shape index (κ1) is 13.2. The second kappa shape index (κ2) is 5.31. The summed E-state index contributed by atoms with van der Waals surface area (Å²) in [5, 5.41) is 6.30. The minimum absolute atomic E-state index is 0.112. The van der Waals surface area contributed by atoms with Crippen molar-refractivity contribution in [2.24, 2.45) is 0 Å². The van der Waals surface area contributed by atoms with Crippen molar-refractivity contribution < 1.29 is 8.42 Å². The Kier molecular flexibility index (Phi) is 3.51. The Balaban J connectivity index is 1.70. The Hall–Kier alpha value is -1.77. The highest BCUT2D eigenvalue weighted by molar-refractivity contribution is 7.87. The molecule has 7 nitrogen and oxygen atoms in total. The minimum Gasteiger partial charge on any atom is -0.262 e. The van der Waals surface area contributed by atoms with Gasteiger partial charge in [0.15, 0.2) is 0 Å². The van der Waals surface area contributed by atoms with Gasteiger partial charge in [-0.05, 0) is 17.5 Å². The van der Waals surface area contributed by atoms with Gasteiger partial charge in [0.25, 0.3) is 10.2 Å². The van der Waals surface area contributed by atoms with Crippen LogP contribution in [0.5, 0.6) is 0 Å². The lowest BCUT2D eigenvalue weighted by molar-refractivity contribution is 0.383. The topological polar surface area (TPSA) is 91.0 Å². The summed E-state index contributed by atoms with van der Waals surface area (Å²) in [4.78, 5) is 3.89. The van der Waals surface area contributed by atoms with E-state index in [-0.39, 0.29) is 6.54 Å². The zero-order valence-corrected chi connectivity index (χ0v) is 11.6. The molecule has 0 saturated carbocycles. The summed E-state index contributed by atoms with van der Waals surface area (Å²) in [6.07, 6.45) is 2.08. The van der Waals surface area contributed by atoms with Crippen LogP contribution in [-0.4, -0.2) is 34.4 Å². The average molecular weight is 293 g/mol. The molecule has 8 heteroatoms. The van der Waals surface area contributed by atoms with Crippen LogP contribution in [0.2, 0.25) is 0 Å². The molecule has 106 valence electrons. The molecule has 0 amide bonds. The van der Waals surface area contributed by atoms with E-state index in [1.807, 2.05) is 24.3 Å². The maximum Gasteiger partial charge on any atom is 0.280 e. The average Bonchev–Trinajstić information content (AvgIpc) is 2.98. The van der Waals surface area contributed by atoms with Crippen molar-refractivity contribution in [3.05, 3.63) is 47.5 Å². The van der Waals surface area contributed by atoms with Gasteiger partial charge in [-0.25, -0.2) is 4.98 Å². The number of benzene rings is 1. The van der Waals surface area contributed by atoms with Crippen molar-refractivity contribution in [3.8, 4) is 0 Å². The van der Waals surface area contributed by atoms with E-state index >= 15 is 0 Å². The summed E-state index contributed by atoms with van der Waals surface area (Å²) < 4.78 is 28.5. The maximum absolute atomic E-state index is 12.2. The van der Waals surface area contributed by atoms with Gasteiger partial charge in [-0.3, -0.25) is 5.10 Å². The van der Waals surface area contributed by atoms with Crippen LogP contribution in [0, 0.1) is 0 Å². The first-order valence-electron chi connectivity index (χ1n) is 6.31. The summed E-state index contributed by atoms with van der Waals surface area (Å²) in [5.74, 6) is 0.492. The number of aromatic nitrogens is 3. The Labute approximate surface area is 117 Å². The van der Waals surface area contributed by atoms with Crippen molar-refractivity contribution in [2.45, 2.75) is 19.5 Å². The Bertz CT molecular complexity index is 684. The highest BCUT2D eigenvalue weighted by Crippen LogP contribution is 2.20. The number of nitrogens with zero attached hydrogens (tertiary/aromatic N) is 3. The van der Waals surface area contributed by atoms with Gasteiger partial charge in [-0.1, -0.05) is 24.3 Å². The number of hydrogen-bond donors (Lipinski definition) is 2. The molecule has 1 aromatic carbocycles. The lowest BCUT2D eigenvalue weighted by Gasteiger charge is -2.27. The van der Waals surface area contributed by atoms with Gasteiger partial charge in [0.2, 0.25) is 0 Å². The predicted molar refractivity (Wildman–Crippen MR) is 72.7 cm³/mol. The molecule has 1 aromatic heterocycles. The molecule has 0 radical (unpaired) electrons. The standard InChI is InChI=1S/C12H15N5O2S/c18-20(19,15-7-12-13-9-14-16-12)17-6-5-10-3-1-2-4-11(10)8-17/h1-4,9,15H,5-8H2,(H,13,14,16). The van der Waals surface area contributed by atoms with E-state index < -0.39 is 10.2 Å². The van der Waals surface area contributed by atoms with Gasteiger partial charge < -0.3 is 0 Å². The van der Waals surface area contributed by atoms with Gasteiger partial charge in [-0.2, -0.15) is 22.5 Å². The summed E-state index contributed by atoms with van der Waals surface area (Å²) in [7, 11) is -3.51. The van der Waals surface area contributed by atoms with E-state index in [2.05, 4.69) is 19.9 Å².